The minimum absolute atomic E-state index is 0.00671. The van der Waals surface area contributed by atoms with Crippen LogP contribution in [0.1, 0.15) is 10.4 Å². The summed E-state index contributed by atoms with van der Waals surface area (Å²) < 4.78 is 25.0. The highest BCUT2D eigenvalue weighted by Gasteiger charge is 2.20. The average Bonchev–Trinajstić information content (AvgIpc) is 2.36. The molecule has 1 amide bonds. The van der Waals surface area contributed by atoms with Crippen LogP contribution in [0.5, 0.6) is 0 Å². The Bertz CT molecular complexity index is 633. The number of carbonyl (C=O) groups excluding carboxylic acids is 1. The number of nitrogens with zero attached hydrogens (tertiary/aromatic N) is 1. The molecule has 0 saturated carbocycles. The van der Waals surface area contributed by atoms with Crippen molar-refractivity contribution < 1.29 is 13.2 Å². The van der Waals surface area contributed by atoms with Crippen LogP contribution in [-0.2, 0) is 10.0 Å². The van der Waals surface area contributed by atoms with Crippen LogP contribution >= 0.6 is 11.6 Å². The molecule has 0 atom stereocenters. The molecule has 0 unspecified atom stereocenters. The molecule has 0 aliphatic rings. The molecule has 0 aliphatic carbocycles. The van der Waals surface area contributed by atoms with Gasteiger partial charge in [-0.1, -0.05) is 17.5 Å². The summed E-state index contributed by atoms with van der Waals surface area (Å²) in [7, 11) is -0.806. The van der Waals surface area contributed by atoms with Crippen molar-refractivity contribution in [2.24, 2.45) is 0 Å². The van der Waals surface area contributed by atoms with Gasteiger partial charge in [0.05, 0.1) is 22.0 Å². The number of halogens is 1. The third-order valence-electron chi connectivity index (χ3n) is 2.31. The maximum absolute atomic E-state index is 12.0. The summed E-state index contributed by atoms with van der Waals surface area (Å²) in [5.41, 5.74) is 0.0693. The van der Waals surface area contributed by atoms with E-state index < -0.39 is 15.9 Å². The maximum atomic E-state index is 12.0. The number of rotatable bonds is 4. The Morgan fingerprint density at radius 1 is 1.47 bits per heavy atom. The first kappa shape index (κ1) is 15.5. The Balaban J connectivity index is 3.23. The SMILES string of the molecule is C#CCNC(=O)c1cc(S(=O)(=O)N(C)C)ccc1Cl. The lowest BCUT2D eigenvalue weighted by Gasteiger charge is -2.13. The number of terminal acetylenes is 1. The predicted octanol–water partition coefficient (Wildman–Crippen LogP) is 0.953. The lowest BCUT2D eigenvalue weighted by molar-refractivity contribution is 0.0958. The molecule has 102 valence electrons. The second kappa shape index (κ2) is 6.06. The van der Waals surface area contributed by atoms with E-state index in [-0.39, 0.29) is 22.0 Å². The summed E-state index contributed by atoms with van der Waals surface area (Å²) in [4.78, 5) is 11.8. The Hall–Kier alpha value is -1.55. The minimum atomic E-state index is -3.62. The highest BCUT2D eigenvalue weighted by Crippen LogP contribution is 2.22. The van der Waals surface area contributed by atoms with Crippen molar-refractivity contribution in [3.8, 4) is 12.3 Å². The van der Waals surface area contributed by atoms with Gasteiger partial charge in [-0.15, -0.1) is 6.42 Å². The lowest BCUT2D eigenvalue weighted by Crippen LogP contribution is -2.25. The maximum Gasteiger partial charge on any atom is 0.253 e. The molecule has 0 bridgehead atoms. The van der Waals surface area contributed by atoms with Crippen LogP contribution in [0.3, 0.4) is 0 Å². The van der Waals surface area contributed by atoms with Gasteiger partial charge < -0.3 is 5.32 Å². The number of hydrogen-bond donors (Lipinski definition) is 1. The molecule has 7 heteroatoms. The summed E-state index contributed by atoms with van der Waals surface area (Å²) in [6.07, 6.45) is 5.03. The van der Waals surface area contributed by atoms with Gasteiger partial charge in [-0.2, -0.15) is 0 Å². The predicted molar refractivity (Wildman–Crippen MR) is 73.5 cm³/mol. The Morgan fingerprint density at radius 3 is 2.63 bits per heavy atom. The molecule has 1 N–H and O–H groups in total. The first-order valence-corrected chi connectivity index (χ1v) is 7.06. The molecular weight excluding hydrogens is 288 g/mol. The van der Waals surface area contributed by atoms with Gasteiger partial charge >= 0.3 is 0 Å². The number of sulfonamides is 1. The number of hydrogen-bond acceptors (Lipinski definition) is 3. The number of nitrogens with one attached hydrogen (secondary N) is 1. The van der Waals surface area contributed by atoms with E-state index in [9.17, 15) is 13.2 Å². The van der Waals surface area contributed by atoms with Crippen molar-refractivity contribution in [3.63, 3.8) is 0 Å². The Morgan fingerprint density at radius 2 is 2.11 bits per heavy atom. The summed E-state index contributed by atoms with van der Waals surface area (Å²) in [6.45, 7) is 0.0415. The molecule has 0 fully saturated rings. The second-order valence-corrected chi connectivity index (χ2v) is 6.37. The van der Waals surface area contributed by atoms with Crippen LogP contribution in [-0.4, -0.2) is 39.3 Å². The van der Waals surface area contributed by atoms with Crippen LogP contribution in [0.15, 0.2) is 23.1 Å². The zero-order valence-corrected chi connectivity index (χ0v) is 12.0. The molecule has 5 nitrogen and oxygen atoms in total. The second-order valence-electron chi connectivity index (χ2n) is 3.82. The van der Waals surface area contributed by atoms with E-state index in [0.717, 1.165) is 4.31 Å². The van der Waals surface area contributed by atoms with E-state index in [1.807, 2.05) is 0 Å². The summed E-state index contributed by atoms with van der Waals surface area (Å²) >= 11 is 5.88. The summed E-state index contributed by atoms with van der Waals surface area (Å²) in [5.74, 6) is 1.73. The summed E-state index contributed by atoms with van der Waals surface area (Å²) in [5, 5.41) is 2.59. The highest BCUT2D eigenvalue weighted by molar-refractivity contribution is 7.89. The van der Waals surface area contributed by atoms with Crippen LogP contribution in [0.4, 0.5) is 0 Å². The quantitative estimate of drug-likeness (QED) is 0.842. The molecule has 0 aliphatic heterocycles. The van der Waals surface area contributed by atoms with E-state index in [1.165, 1.54) is 32.3 Å². The van der Waals surface area contributed by atoms with Gasteiger partial charge in [0, 0.05) is 14.1 Å². The smallest absolute Gasteiger partial charge is 0.253 e. The number of benzene rings is 1. The number of carbonyl (C=O) groups is 1. The fraction of sp³-hybridized carbons (Fsp3) is 0.250. The lowest BCUT2D eigenvalue weighted by atomic mass is 10.2. The monoisotopic (exact) mass is 300 g/mol. The van der Waals surface area contributed by atoms with E-state index in [4.69, 9.17) is 18.0 Å². The number of amides is 1. The minimum Gasteiger partial charge on any atom is -0.341 e. The van der Waals surface area contributed by atoms with E-state index in [1.54, 1.807) is 0 Å². The Kier molecular flexibility index (Phi) is 4.95. The molecule has 1 rings (SSSR count). The molecule has 0 heterocycles. The van der Waals surface area contributed by atoms with Crippen molar-refractivity contribution in [3.05, 3.63) is 28.8 Å². The first-order valence-electron chi connectivity index (χ1n) is 5.24. The standard InChI is InChI=1S/C12H13ClN2O3S/c1-4-7-14-12(16)10-8-9(5-6-11(10)13)19(17,18)15(2)3/h1,5-6,8H,7H2,2-3H3,(H,14,16). The van der Waals surface area contributed by atoms with Crippen molar-refractivity contribution in [2.45, 2.75) is 4.90 Å². The van der Waals surface area contributed by atoms with Gasteiger partial charge in [0.15, 0.2) is 0 Å². The van der Waals surface area contributed by atoms with Gasteiger partial charge in [0.1, 0.15) is 0 Å². The van der Waals surface area contributed by atoms with Crippen molar-refractivity contribution >= 4 is 27.5 Å². The highest BCUT2D eigenvalue weighted by atomic mass is 35.5. The molecule has 0 spiro atoms. The zero-order valence-electron chi connectivity index (χ0n) is 10.5. The van der Waals surface area contributed by atoms with Gasteiger partial charge in [-0.05, 0) is 18.2 Å². The van der Waals surface area contributed by atoms with Gasteiger partial charge in [0.25, 0.3) is 5.91 Å². The molecule has 0 aromatic heterocycles. The van der Waals surface area contributed by atoms with Crippen molar-refractivity contribution in [1.82, 2.24) is 9.62 Å². The molecule has 1 aromatic carbocycles. The molecule has 1 aromatic rings. The van der Waals surface area contributed by atoms with Crippen molar-refractivity contribution in [2.75, 3.05) is 20.6 Å². The molecule has 19 heavy (non-hydrogen) atoms. The van der Waals surface area contributed by atoms with Gasteiger partial charge in [-0.25, -0.2) is 12.7 Å². The van der Waals surface area contributed by atoms with Crippen molar-refractivity contribution in [1.29, 1.82) is 0 Å². The van der Waals surface area contributed by atoms with E-state index >= 15 is 0 Å². The summed E-state index contributed by atoms with van der Waals surface area (Å²) in [6, 6.07) is 3.93. The van der Waals surface area contributed by atoms with Crippen LogP contribution in [0, 0.1) is 12.3 Å². The van der Waals surface area contributed by atoms with Crippen LogP contribution in [0.25, 0.3) is 0 Å². The third-order valence-corrected chi connectivity index (χ3v) is 4.45. The average molecular weight is 301 g/mol. The normalized spacial score (nSPS) is 11.1. The van der Waals surface area contributed by atoms with E-state index in [2.05, 4.69) is 11.2 Å². The first-order chi connectivity index (χ1) is 8.80. The van der Waals surface area contributed by atoms with Crippen LogP contribution in [0.2, 0.25) is 5.02 Å². The third kappa shape index (κ3) is 3.47. The van der Waals surface area contributed by atoms with Crippen LogP contribution < -0.4 is 5.32 Å². The fourth-order valence-electron chi connectivity index (χ4n) is 1.28. The molecular formula is C12H13ClN2O3S. The fourth-order valence-corrected chi connectivity index (χ4v) is 2.41. The molecule has 0 radical (unpaired) electrons. The largest absolute Gasteiger partial charge is 0.341 e. The van der Waals surface area contributed by atoms with E-state index in [0.29, 0.717) is 0 Å². The van der Waals surface area contributed by atoms with Gasteiger partial charge in [-0.3, -0.25) is 4.79 Å². The zero-order chi connectivity index (χ0) is 14.6. The van der Waals surface area contributed by atoms with Gasteiger partial charge in [0.2, 0.25) is 10.0 Å². The Labute approximate surface area is 117 Å². The topological polar surface area (TPSA) is 66.5 Å². The molecule has 0 saturated heterocycles.